The van der Waals surface area contributed by atoms with Gasteiger partial charge in [0, 0.05) is 5.56 Å². The zero-order chi connectivity index (χ0) is 9.26. The Morgan fingerprint density at radius 2 is 1.92 bits per heavy atom. The van der Waals surface area contributed by atoms with E-state index in [9.17, 15) is 4.39 Å². The van der Waals surface area contributed by atoms with Crippen LogP contribution in [0.2, 0.25) is 0 Å². The molecule has 0 saturated heterocycles. The zero-order valence-electron chi connectivity index (χ0n) is 6.61. The second kappa shape index (κ2) is 2.97. The number of ether oxygens (including phenoxy) is 2. The van der Waals surface area contributed by atoms with E-state index in [1.54, 1.807) is 0 Å². The van der Waals surface area contributed by atoms with Crippen molar-refractivity contribution in [1.29, 1.82) is 0 Å². The van der Waals surface area contributed by atoms with E-state index in [0.29, 0.717) is 5.56 Å². The number of hydrogen-bond acceptors (Lipinski definition) is 3. The van der Waals surface area contributed by atoms with E-state index in [4.69, 9.17) is 14.6 Å². The van der Waals surface area contributed by atoms with E-state index < -0.39 is 12.1 Å². The Morgan fingerprint density at radius 3 is 2.54 bits per heavy atom. The highest BCUT2D eigenvalue weighted by Crippen LogP contribution is 2.26. The second-order valence-electron chi connectivity index (χ2n) is 2.59. The first kappa shape index (κ1) is 7.91. The quantitative estimate of drug-likeness (QED) is 0.722. The monoisotopic (exact) mass is 182 g/mol. The third-order valence-corrected chi connectivity index (χ3v) is 1.70. The lowest BCUT2D eigenvalue weighted by molar-refractivity contribution is -0.0248. The Balaban J connectivity index is 2.26. The molecule has 0 saturated carbocycles. The first-order valence-electron chi connectivity index (χ1n) is 3.72. The van der Waals surface area contributed by atoms with Crippen LogP contribution in [-0.4, -0.2) is 5.11 Å². The van der Waals surface area contributed by atoms with Gasteiger partial charge in [0.25, 0.3) is 6.29 Å². The summed E-state index contributed by atoms with van der Waals surface area (Å²) in [6.07, 6.45) is 2.17. The molecule has 1 aromatic carbocycles. The molecule has 0 aliphatic carbocycles. The molecule has 1 N–H and O–H groups in total. The van der Waals surface area contributed by atoms with Crippen LogP contribution < -0.4 is 0 Å². The van der Waals surface area contributed by atoms with Crippen LogP contribution in [0.15, 0.2) is 30.7 Å². The highest BCUT2D eigenvalue weighted by Gasteiger charge is 2.16. The molecule has 0 bridgehead atoms. The van der Waals surface area contributed by atoms with Gasteiger partial charge in [-0.25, -0.2) is 4.39 Å². The molecule has 0 amide bonds. The summed E-state index contributed by atoms with van der Waals surface area (Å²) in [5.41, 5.74) is 0.528. The first-order chi connectivity index (χ1) is 6.27. The van der Waals surface area contributed by atoms with Crippen molar-refractivity contribution in [3.63, 3.8) is 0 Å². The third kappa shape index (κ3) is 1.42. The van der Waals surface area contributed by atoms with Gasteiger partial charge in [0.2, 0.25) is 0 Å². The molecule has 68 valence electrons. The average Bonchev–Trinajstić information content (AvgIpc) is 2.62. The average molecular weight is 182 g/mol. The van der Waals surface area contributed by atoms with Crippen molar-refractivity contribution in [3.05, 3.63) is 42.1 Å². The summed E-state index contributed by atoms with van der Waals surface area (Å²) in [4.78, 5) is 0. The fourth-order valence-corrected chi connectivity index (χ4v) is 1.07. The van der Waals surface area contributed by atoms with E-state index in [1.165, 1.54) is 30.7 Å². The smallest absolute Gasteiger partial charge is 0.266 e. The standard InChI is InChI=1S/C9H7FO3/c10-7-5-6(1-2-8(7)11)9-12-3-4-13-9/h1-5,9,11H. The minimum absolute atomic E-state index is 0.380. The summed E-state index contributed by atoms with van der Waals surface area (Å²) in [7, 11) is 0. The Bertz CT molecular complexity index is 341. The SMILES string of the molecule is Oc1ccc(C2OC=CO2)cc1F. The van der Waals surface area contributed by atoms with Gasteiger partial charge >= 0.3 is 0 Å². The van der Waals surface area contributed by atoms with Crippen LogP contribution in [0, 0.1) is 5.82 Å². The van der Waals surface area contributed by atoms with Crippen LogP contribution in [0.1, 0.15) is 11.9 Å². The molecule has 1 aliphatic rings. The summed E-state index contributed by atoms with van der Waals surface area (Å²) in [5, 5.41) is 8.91. The fourth-order valence-electron chi connectivity index (χ4n) is 1.07. The lowest BCUT2D eigenvalue weighted by Gasteiger charge is -2.10. The first-order valence-corrected chi connectivity index (χ1v) is 3.72. The number of benzene rings is 1. The molecule has 0 spiro atoms. The lowest BCUT2D eigenvalue weighted by Crippen LogP contribution is -1.97. The number of phenolic OH excluding ortho intramolecular Hbond substituents is 1. The zero-order valence-corrected chi connectivity index (χ0v) is 6.61. The van der Waals surface area contributed by atoms with Crippen molar-refractivity contribution in [2.75, 3.05) is 0 Å². The van der Waals surface area contributed by atoms with Crippen LogP contribution >= 0.6 is 0 Å². The topological polar surface area (TPSA) is 38.7 Å². The van der Waals surface area contributed by atoms with Crippen LogP contribution in [0.3, 0.4) is 0 Å². The summed E-state index contributed by atoms with van der Waals surface area (Å²) in [6.45, 7) is 0. The van der Waals surface area contributed by atoms with Crippen molar-refractivity contribution in [2.24, 2.45) is 0 Å². The van der Waals surface area contributed by atoms with Crippen molar-refractivity contribution in [2.45, 2.75) is 6.29 Å². The van der Waals surface area contributed by atoms with Crippen LogP contribution in [0.5, 0.6) is 5.75 Å². The van der Waals surface area contributed by atoms with Crippen LogP contribution in [0.4, 0.5) is 4.39 Å². The lowest BCUT2D eigenvalue weighted by atomic mass is 10.2. The van der Waals surface area contributed by atoms with E-state index in [1.807, 2.05) is 0 Å². The Morgan fingerprint density at radius 1 is 1.23 bits per heavy atom. The molecule has 0 radical (unpaired) electrons. The fraction of sp³-hybridized carbons (Fsp3) is 0.111. The maximum atomic E-state index is 12.9. The largest absolute Gasteiger partial charge is 0.505 e. The summed E-state index contributed by atoms with van der Waals surface area (Å²) < 4.78 is 22.8. The number of phenols is 1. The van der Waals surface area contributed by atoms with E-state index in [-0.39, 0.29) is 5.75 Å². The van der Waals surface area contributed by atoms with Crippen LogP contribution in [-0.2, 0) is 9.47 Å². The molecule has 13 heavy (non-hydrogen) atoms. The normalized spacial score (nSPS) is 15.5. The van der Waals surface area contributed by atoms with Crippen molar-refractivity contribution in [3.8, 4) is 5.75 Å². The van der Waals surface area contributed by atoms with Gasteiger partial charge in [-0.1, -0.05) is 0 Å². The highest BCUT2D eigenvalue weighted by molar-refractivity contribution is 5.29. The van der Waals surface area contributed by atoms with E-state index in [0.717, 1.165) is 0 Å². The molecular formula is C9H7FO3. The van der Waals surface area contributed by atoms with Gasteiger partial charge in [-0.2, -0.15) is 0 Å². The number of halogens is 1. The molecule has 0 atom stereocenters. The van der Waals surface area contributed by atoms with E-state index in [2.05, 4.69) is 0 Å². The van der Waals surface area contributed by atoms with Crippen molar-refractivity contribution in [1.82, 2.24) is 0 Å². The predicted octanol–water partition coefficient (Wildman–Crippen LogP) is 2.05. The van der Waals surface area contributed by atoms with Crippen molar-refractivity contribution < 1.29 is 19.0 Å². The minimum atomic E-state index is -0.684. The number of hydrogen-bond donors (Lipinski definition) is 1. The molecule has 1 heterocycles. The molecule has 2 rings (SSSR count). The Kier molecular flexibility index (Phi) is 1.81. The van der Waals surface area contributed by atoms with Gasteiger partial charge < -0.3 is 14.6 Å². The van der Waals surface area contributed by atoms with Gasteiger partial charge in [-0.15, -0.1) is 0 Å². The summed E-state index contributed by atoms with van der Waals surface area (Å²) in [6, 6.07) is 3.97. The third-order valence-electron chi connectivity index (χ3n) is 1.70. The van der Waals surface area contributed by atoms with Gasteiger partial charge in [0.15, 0.2) is 11.6 Å². The maximum absolute atomic E-state index is 12.9. The molecule has 4 heteroatoms. The van der Waals surface area contributed by atoms with Gasteiger partial charge in [-0.05, 0) is 18.2 Å². The molecule has 3 nitrogen and oxygen atoms in total. The van der Waals surface area contributed by atoms with Gasteiger partial charge in [-0.3, -0.25) is 0 Å². The molecular weight excluding hydrogens is 175 g/mol. The summed E-state index contributed by atoms with van der Waals surface area (Å²) in [5.74, 6) is -1.06. The number of aromatic hydroxyl groups is 1. The molecule has 1 aliphatic heterocycles. The minimum Gasteiger partial charge on any atom is -0.505 e. The van der Waals surface area contributed by atoms with Gasteiger partial charge in [0.1, 0.15) is 12.5 Å². The molecule has 0 unspecified atom stereocenters. The number of rotatable bonds is 1. The predicted molar refractivity (Wildman–Crippen MR) is 42.1 cm³/mol. The Labute approximate surface area is 74.0 Å². The molecule has 0 fully saturated rings. The van der Waals surface area contributed by atoms with Gasteiger partial charge in [0.05, 0.1) is 0 Å². The maximum Gasteiger partial charge on any atom is 0.266 e. The van der Waals surface area contributed by atoms with Crippen molar-refractivity contribution >= 4 is 0 Å². The van der Waals surface area contributed by atoms with Crippen LogP contribution in [0.25, 0.3) is 0 Å². The highest BCUT2D eigenvalue weighted by atomic mass is 19.1. The van der Waals surface area contributed by atoms with E-state index >= 15 is 0 Å². The second-order valence-corrected chi connectivity index (χ2v) is 2.59. The summed E-state index contributed by atoms with van der Waals surface area (Å²) >= 11 is 0. The molecule has 1 aromatic rings. The Hall–Kier alpha value is -1.71. The molecule has 0 aromatic heterocycles.